The predicted octanol–water partition coefficient (Wildman–Crippen LogP) is 1.46. The van der Waals surface area contributed by atoms with Crippen molar-refractivity contribution in [2.24, 2.45) is 0 Å². The first-order valence-corrected chi connectivity index (χ1v) is 8.39. The van der Waals surface area contributed by atoms with Crippen LogP contribution in [0.1, 0.15) is 28.8 Å². The molecule has 0 radical (unpaired) electrons. The third-order valence-corrected chi connectivity index (χ3v) is 4.30. The number of likely N-dealkylation sites (tertiary alicyclic amines) is 1. The molecule has 1 aromatic heterocycles. The third-order valence-electron chi connectivity index (χ3n) is 4.30. The van der Waals surface area contributed by atoms with Gasteiger partial charge in [-0.05, 0) is 24.9 Å². The summed E-state index contributed by atoms with van der Waals surface area (Å²) in [6.45, 7) is 2.75. The Bertz CT molecular complexity index is 723. The molecule has 1 saturated heterocycles. The number of carbonyl (C=O) groups excluding carboxylic acids is 1. The molecule has 1 atom stereocenters. The van der Waals surface area contributed by atoms with E-state index >= 15 is 0 Å². The number of nitrogens with two attached hydrogens (primary N) is 1. The standard InChI is InChI=1S/C18H23N5O2/c1-25-17-15(10-20-18(19)22-17)16(24)21-14-8-5-9-23(12-14)11-13-6-3-2-4-7-13/h2-4,6-7,10,14H,5,8-9,11-12H2,1H3,(H,21,24)(H2,19,20,22). The van der Waals surface area contributed by atoms with Crippen molar-refractivity contribution in [2.45, 2.75) is 25.4 Å². The lowest BCUT2D eigenvalue weighted by molar-refractivity contribution is 0.0896. The smallest absolute Gasteiger partial charge is 0.258 e. The molecule has 1 aliphatic rings. The van der Waals surface area contributed by atoms with Crippen LogP contribution in [0.3, 0.4) is 0 Å². The first-order valence-electron chi connectivity index (χ1n) is 8.39. The third kappa shape index (κ3) is 4.45. The Morgan fingerprint density at radius 2 is 2.20 bits per heavy atom. The van der Waals surface area contributed by atoms with E-state index in [1.807, 2.05) is 18.2 Å². The van der Waals surface area contributed by atoms with Crippen LogP contribution in [0.5, 0.6) is 5.88 Å². The fourth-order valence-corrected chi connectivity index (χ4v) is 3.11. The second-order valence-corrected chi connectivity index (χ2v) is 6.18. The molecule has 132 valence electrons. The number of benzene rings is 1. The van der Waals surface area contributed by atoms with Gasteiger partial charge in [0.1, 0.15) is 5.56 Å². The van der Waals surface area contributed by atoms with E-state index in [-0.39, 0.29) is 23.8 Å². The van der Waals surface area contributed by atoms with E-state index < -0.39 is 0 Å². The van der Waals surface area contributed by atoms with Crippen molar-refractivity contribution in [3.05, 3.63) is 47.7 Å². The molecule has 2 aromatic rings. The van der Waals surface area contributed by atoms with Crippen LogP contribution < -0.4 is 15.8 Å². The van der Waals surface area contributed by atoms with E-state index in [0.717, 1.165) is 32.5 Å². The van der Waals surface area contributed by atoms with Gasteiger partial charge in [-0.15, -0.1) is 0 Å². The number of piperidine rings is 1. The van der Waals surface area contributed by atoms with Crippen molar-refractivity contribution in [3.63, 3.8) is 0 Å². The Morgan fingerprint density at radius 3 is 2.96 bits per heavy atom. The van der Waals surface area contributed by atoms with Crippen molar-refractivity contribution in [2.75, 3.05) is 25.9 Å². The van der Waals surface area contributed by atoms with Gasteiger partial charge in [0.15, 0.2) is 0 Å². The van der Waals surface area contributed by atoms with Crippen LogP contribution in [-0.2, 0) is 6.54 Å². The fourth-order valence-electron chi connectivity index (χ4n) is 3.11. The lowest BCUT2D eigenvalue weighted by Gasteiger charge is -2.33. The number of carbonyl (C=O) groups is 1. The molecule has 2 heterocycles. The molecule has 7 nitrogen and oxygen atoms in total. The highest BCUT2D eigenvalue weighted by molar-refractivity contribution is 5.96. The van der Waals surface area contributed by atoms with Crippen molar-refractivity contribution in [3.8, 4) is 5.88 Å². The Labute approximate surface area is 147 Å². The van der Waals surface area contributed by atoms with Crippen LogP contribution in [0, 0.1) is 0 Å². The monoisotopic (exact) mass is 341 g/mol. The van der Waals surface area contributed by atoms with Gasteiger partial charge in [0.05, 0.1) is 7.11 Å². The van der Waals surface area contributed by atoms with Crippen LogP contribution in [-0.4, -0.2) is 47.0 Å². The summed E-state index contributed by atoms with van der Waals surface area (Å²) in [7, 11) is 1.46. The lowest BCUT2D eigenvalue weighted by Crippen LogP contribution is -2.47. The Hall–Kier alpha value is -2.67. The summed E-state index contributed by atoms with van der Waals surface area (Å²) in [5, 5.41) is 3.06. The number of nitrogens with zero attached hydrogens (tertiary/aromatic N) is 3. The highest BCUT2D eigenvalue weighted by atomic mass is 16.5. The molecule has 3 N–H and O–H groups in total. The maximum absolute atomic E-state index is 12.5. The number of nitrogens with one attached hydrogen (secondary N) is 1. The zero-order chi connectivity index (χ0) is 17.6. The van der Waals surface area contributed by atoms with E-state index in [9.17, 15) is 4.79 Å². The van der Waals surface area contributed by atoms with E-state index in [2.05, 4.69) is 32.3 Å². The average Bonchev–Trinajstić information content (AvgIpc) is 2.62. The highest BCUT2D eigenvalue weighted by Crippen LogP contribution is 2.17. The van der Waals surface area contributed by atoms with E-state index in [1.165, 1.54) is 18.9 Å². The van der Waals surface area contributed by atoms with E-state index in [0.29, 0.717) is 5.56 Å². The van der Waals surface area contributed by atoms with Crippen LogP contribution in [0.2, 0.25) is 0 Å². The van der Waals surface area contributed by atoms with Gasteiger partial charge in [0.2, 0.25) is 11.8 Å². The zero-order valence-corrected chi connectivity index (χ0v) is 14.3. The van der Waals surface area contributed by atoms with Gasteiger partial charge in [0, 0.05) is 25.3 Å². The maximum Gasteiger partial charge on any atom is 0.258 e. The number of anilines is 1. The maximum atomic E-state index is 12.5. The lowest BCUT2D eigenvalue weighted by atomic mass is 10.0. The number of rotatable bonds is 5. The molecule has 0 spiro atoms. The van der Waals surface area contributed by atoms with Crippen molar-refractivity contribution in [1.29, 1.82) is 0 Å². The zero-order valence-electron chi connectivity index (χ0n) is 14.3. The van der Waals surface area contributed by atoms with Crippen LogP contribution in [0.25, 0.3) is 0 Å². The normalized spacial score (nSPS) is 17.9. The minimum Gasteiger partial charge on any atom is -0.480 e. The predicted molar refractivity (Wildman–Crippen MR) is 95.2 cm³/mol. The summed E-state index contributed by atoms with van der Waals surface area (Å²) in [5.41, 5.74) is 7.12. The molecule has 1 unspecified atom stereocenters. The number of methoxy groups -OCH3 is 1. The molecule has 1 fully saturated rings. The molecular formula is C18H23N5O2. The summed E-state index contributed by atoms with van der Waals surface area (Å²) in [6, 6.07) is 10.5. The van der Waals surface area contributed by atoms with E-state index in [1.54, 1.807) is 0 Å². The Balaban J connectivity index is 1.61. The molecule has 0 bridgehead atoms. The Kier molecular flexibility index (Phi) is 5.45. The molecule has 1 aromatic carbocycles. The summed E-state index contributed by atoms with van der Waals surface area (Å²) in [5.74, 6) is 0.0467. The van der Waals surface area contributed by atoms with Gasteiger partial charge in [-0.1, -0.05) is 30.3 Å². The largest absolute Gasteiger partial charge is 0.480 e. The molecule has 1 aliphatic heterocycles. The molecule has 3 rings (SSSR count). The first kappa shape index (κ1) is 17.2. The topological polar surface area (TPSA) is 93.4 Å². The minimum absolute atomic E-state index is 0.0834. The molecular weight excluding hydrogens is 318 g/mol. The van der Waals surface area contributed by atoms with Crippen LogP contribution >= 0.6 is 0 Å². The van der Waals surface area contributed by atoms with E-state index in [4.69, 9.17) is 10.5 Å². The SMILES string of the molecule is COc1nc(N)ncc1C(=O)NC1CCCN(Cc2ccccc2)C1. The summed E-state index contributed by atoms with van der Waals surface area (Å²) < 4.78 is 5.13. The number of nitrogen functional groups attached to an aromatic ring is 1. The number of amides is 1. The first-order chi connectivity index (χ1) is 12.2. The molecule has 0 saturated carbocycles. The average molecular weight is 341 g/mol. The van der Waals surface area contributed by atoms with Crippen LogP contribution in [0.4, 0.5) is 5.95 Å². The van der Waals surface area contributed by atoms with Gasteiger partial charge in [-0.2, -0.15) is 4.98 Å². The molecule has 25 heavy (non-hydrogen) atoms. The van der Waals surface area contributed by atoms with Gasteiger partial charge in [0.25, 0.3) is 5.91 Å². The van der Waals surface area contributed by atoms with Gasteiger partial charge >= 0.3 is 0 Å². The quantitative estimate of drug-likeness (QED) is 0.855. The van der Waals surface area contributed by atoms with Gasteiger partial charge < -0.3 is 15.8 Å². The molecule has 0 aliphatic carbocycles. The van der Waals surface area contributed by atoms with Gasteiger partial charge in [-0.3, -0.25) is 9.69 Å². The van der Waals surface area contributed by atoms with Crippen molar-refractivity contribution < 1.29 is 9.53 Å². The highest BCUT2D eigenvalue weighted by Gasteiger charge is 2.23. The number of ether oxygens (including phenoxy) is 1. The summed E-state index contributed by atoms with van der Waals surface area (Å²) >= 11 is 0. The number of hydrogen-bond donors (Lipinski definition) is 2. The second kappa shape index (κ2) is 7.94. The second-order valence-electron chi connectivity index (χ2n) is 6.18. The molecule has 1 amide bonds. The van der Waals surface area contributed by atoms with Crippen molar-refractivity contribution >= 4 is 11.9 Å². The Morgan fingerprint density at radius 1 is 1.40 bits per heavy atom. The van der Waals surface area contributed by atoms with Gasteiger partial charge in [-0.25, -0.2) is 4.98 Å². The fraction of sp³-hybridized carbons (Fsp3) is 0.389. The number of aromatic nitrogens is 2. The summed E-state index contributed by atoms with van der Waals surface area (Å²) in [4.78, 5) is 22.7. The molecule has 7 heteroatoms. The summed E-state index contributed by atoms with van der Waals surface area (Å²) in [6.07, 6.45) is 3.41. The number of hydrogen-bond acceptors (Lipinski definition) is 6. The van der Waals surface area contributed by atoms with Crippen molar-refractivity contribution in [1.82, 2.24) is 20.2 Å². The van der Waals surface area contributed by atoms with Crippen LogP contribution in [0.15, 0.2) is 36.5 Å². The minimum atomic E-state index is -0.233.